The Morgan fingerprint density at radius 3 is 2.48 bits per heavy atom. The highest BCUT2D eigenvalue weighted by Gasteiger charge is 2.33. The van der Waals surface area contributed by atoms with Crippen LogP contribution < -0.4 is 4.74 Å². The van der Waals surface area contributed by atoms with Crippen LogP contribution in [0.3, 0.4) is 0 Å². The highest BCUT2D eigenvalue weighted by atomic mass is 19.4. The zero-order valence-electron chi connectivity index (χ0n) is 13.5. The third-order valence-corrected chi connectivity index (χ3v) is 2.52. The zero-order chi connectivity index (χ0) is 17.7. The second-order valence-corrected chi connectivity index (χ2v) is 5.89. The lowest BCUT2D eigenvalue weighted by Crippen LogP contribution is -2.22. The quantitative estimate of drug-likeness (QED) is 0.463. The molecule has 0 aliphatic carbocycles. The van der Waals surface area contributed by atoms with Crippen LogP contribution in [0.5, 0.6) is 5.88 Å². The number of halogens is 3. The minimum Gasteiger partial charge on any atom is -0.477 e. The van der Waals surface area contributed by atoms with E-state index in [1.807, 2.05) is 0 Å². The number of hydrogen-bond acceptors (Lipinski definition) is 4. The topological polar surface area (TPSA) is 48.4 Å². The van der Waals surface area contributed by atoms with Crippen molar-refractivity contribution in [3.05, 3.63) is 35.5 Å². The first kappa shape index (κ1) is 19.0. The van der Waals surface area contributed by atoms with Crippen LogP contribution in [-0.4, -0.2) is 23.2 Å². The summed E-state index contributed by atoms with van der Waals surface area (Å²) in [7, 11) is 0. The molecule has 1 rings (SSSR count). The second-order valence-electron chi connectivity index (χ2n) is 5.89. The van der Waals surface area contributed by atoms with Gasteiger partial charge in [0.2, 0.25) is 5.88 Å². The maximum absolute atomic E-state index is 12.6. The molecule has 0 aliphatic rings. The summed E-state index contributed by atoms with van der Waals surface area (Å²) in [5, 5.41) is 0. The predicted molar refractivity (Wildman–Crippen MR) is 79.1 cm³/mol. The van der Waals surface area contributed by atoms with Crippen molar-refractivity contribution in [2.24, 2.45) is 0 Å². The van der Waals surface area contributed by atoms with Crippen molar-refractivity contribution >= 4 is 5.97 Å². The molecule has 0 fully saturated rings. The molecule has 0 N–H and O–H groups in total. The van der Waals surface area contributed by atoms with Gasteiger partial charge in [-0.1, -0.05) is 12.1 Å². The van der Waals surface area contributed by atoms with E-state index in [9.17, 15) is 18.0 Å². The van der Waals surface area contributed by atoms with E-state index in [2.05, 4.69) is 4.98 Å². The lowest BCUT2D eigenvalue weighted by molar-refractivity contribution is -0.148. The maximum atomic E-state index is 12.6. The molecule has 0 saturated carbocycles. The summed E-state index contributed by atoms with van der Waals surface area (Å²) in [5.41, 5.74) is -1.06. The molecule has 0 saturated heterocycles. The number of carbonyl (C=O) groups excluding carboxylic acids is 1. The van der Waals surface area contributed by atoms with Gasteiger partial charge in [-0.15, -0.1) is 0 Å². The fourth-order valence-corrected chi connectivity index (χ4v) is 1.55. The number of hydrogen-bond donors (Lipinski definition) is 0. The van der Waals surface area contributed by atoms with E-state index in [1.165, 1.54) is 18.2 Å². The maximum Gasteiger partial charge on any atom is 0.433 e. The third-order valence-electron chi connectivity index (χ3n) is 2.52. The minimum absolute atomic E-state index is 0.0644. The molecule has 7 heteroatoms. The SMILES string of the molecule is Cc1ccc(C(F)(F)F)nc1OCCC=CC(=O)OC(C)(C)C. The Morgan fingerprint density at radius 2 is 1.91 bits per heavy atom. The van der Waals surface area contributed by atoms with Crippen LogP contribution in [0.2, 0.25) is 0 Å². The van der Waals surface area contributed by atoms with Gasteiger partial charge in [-0.05, 0) is 33.8 Å². The largest absolute Gasteiger partial charge is 0.477 e. The third kappa shape index (κ3) is 7.17. The van der Waals surface area contributed by atoms with E-state index < -0.39 is 23.4 Å². The number of aromatic nitrogens is 1. The summed E-state index contributed by atoms with van der Waals surface area (Å²) in [6.45, 7) is 6.98. The first-order valence-corrected chi connectivity index (χ1v) is 7.06. The van der Waals surface area contributed by atoms with Gasteiger partial charge in [-0.25, -0.2) is 9.78 Å². The van der Waals surface area contributed by atoms with Crippen LogP contribution in [0.1, 0.15) is 38.4 Å². The molecule has 1 aromatic rings. The molecular weight excluding hydrogens is 311 g/mol. The molecule has 0 radical (unpaired) electrons. The Labute approximate surface area is 133 Å². The van der Waals surface area contributed by atoms with Crippen LogP contribution in [0.15, 0.2) is 24.3 Å². The Morgan fingerprint density at radius 1 is 1.26 bits per heavy atom. The molecule has 0 aromatic carbocycles. The summed E-state index contributed by atoms with van der Waals surface area (Å²) in [6, 6.07) is 2.21. The molecule has 128 valence electrons. The number of aryl methyl sites for hydroxylation is 1. The second kappa shape index (κ2) is 7.48. The Balaban J connectivity index is 2.52. The van der Waals surface area contributed by atoms with Gasteiger partial charge in [-0.2, -0.15) is 13.2 Å². The first-order chi connectivity index (χ1) is 10.5. The van der Waals surface area contributed by atoms with E-state index >= 15 is 0 Å². The lowest BCUT2D eigenvalue weighted by Gasteiger charge is -2.17. The summed E-state index contributed by atoms with van der Waals surface area (Å²) < 4.78 is 48.1. The van der Waals surface area contributed by atoms with E-state index in [0.29, 0.717) is 12.0 Å². The van der Waals surface area contributed by atoms with Crippen LogP contribution in [-0.2, 0) is 15.7 Å². The number of alkyl halides is 3. The van der Waals surface area contributed by atoms with Gasteiger partial charge in [0.1, 0.15) is 11.3 Å². The predicted octanol–water partition coefficient (Wildman–Crippen LogP) is 4.08. The average Bonchev–Trinajstić information content (AvgIpc) is 2.36. The van der Waals surface area contributed by atoms with Gasteiger partial charge < -0.3 is 9.47 Å². The average molecular weight is 331 g/mol. The van der Waals surface area contributed by atoms with Crippen LogP contribution in [0.4, 0.5) is 13.2 Å². The van der Waals surface area contributed by atoms with Gasteiger partial charge >= 0.3 is 12.1 Å². The minimum atomic E-state index is -4.51. The van der Waals surface area contributed by atoms with Crippen molar-refractivity contribution in [1.82, 2.24) is 4.98 Å². The van der Waals surface area contributed by atoms with Crippen molar-refractivity contribution in [1.29, 1.82) is 0 Å². The normalized spacial score (nSPS) is 12.5. The summed E-state index contributed by atoms with van der Waals surface area (Å²) in [6.07, 6.45) is -1.36. The van der Waals surface area contributed by atoms with E-state index in [1.54, 1.807) is 27.7 Å². The van der Waals surface area contributed by atoms with Crippen molar-refractivity contribution in [3.8, 4) is 5.88 Å². The Bertz CT molecular complexity index is 575. The lowest BCUT2D eigenvalue weighted by atomic mass is 10.2. The molecule has 0 bridgehead atoms. The summed E-state index contributed by atoms with van der Waals surface area (Å²) in [5.74, 6) is -0.545. The molecule has 0 atom stereocenters. The van der Waals surface area contributed by atoms with Gasteiger partial charge in [0.05, 0.1) is 6.61 Å². The first-order valence-electron chi connectivity index (χ1n) is 7.06. The molecule has 1 heterocycles. The smallest absolute Gasteiger partial charge is 0.433 e. The molecule has 0 unspecified atom stereocenters. The highest BCUT2D eigenvalue weighted by molar-refractivity contribution is 5.82. The molecule has 1 aromatic heterocycles. The molecule has 0 aliphatic heterocycles. The monoisotopic (exact) mass is 331 g/mol. The fourth-order valence-electron chi connectivity index (χ4n) is 1.55. The van der Waals surface area contributed by atoms with Crippen LogP contribution >= 0.6 is 0 Å². The molecule has 4 nitrogen and oxygen atoms in total. The Kier molecular flexibility index (Phi) is 6.18. The number of rotatable bonds is 5. The number of carbonyl (C=O) groups is 1. The van der Waals surface area contributed by atoms with E-state index in [4.69, 9.17) is 9.47 Å². The van der Waals surface area contributed by atoms with E-state index in [0.717, 1.165) is 6.07 Å². The van der Waals surface area contributed by atoms with Gasteiger partial charge in [0, 0.05) is 18.1 Å². The molecule has 0 spiro atoms. The number of esters is 1. The number of pyridine rings is 1. The van der Waals surface area contributed by atoms with Crippen molar-refractivity contribution < 1.29 is 27.4 Å². The van der Waals surface area contributed by atoms with Crippen LogP contribution in [0, 0.1) is 6.92 Å². The standard InChI is InChI=1S/C16H20F3NO3/c1-11-8-9-12(16(17,18)19)20-14(11)22-10-6-5-7-13(21)23-15(2,3)4/h5,7-9H,6,10H2,1-4H3. The zero-order valence-corrected chi connectivity index (χ0v) is 13.5. The van der Waals surface area contributed by atoms with Crippen LogP contribution in [0.25, 0.3) is 0 Å². The molecule has 0 amide bonds. The van der Waals surface area contributed by atoms with Gasteiger partial charge in [0.15, 0.2) is 0 Å². The number of ether oxygens (including phenoxy) is 2. The molecule has 23 heavy (non-hydrogen) atoms. The molecular formula is C16H20F3NO3. The van der Waals surface area contributed by atoms with E-state index in [-0.39, 0.29) is 12.5 Å². The highest BCUT2D eigenvalue weighted by Crippen LogP contribution is 2.29. The van der Waals surface area contributed by atoms with Crippen molar-refractivity contribution in [3.63, 3.8) is 0 Å². The van der Waals surface area contributed by atoms with Crippen molar-refractivity contribution in [2.45, 2.75) is 45.9 Å². The Hall–Kier alpha value is -2.05. The number of nitrogens with zero attached hydrogens (tertiary/aromatic N) is 1. The summed E-state index contributed by atoms with van der Waals surface area (Å²) >= 11 is 0. The van der Waals surface area contributed by atoms with Gasteiger partial charge in [-0.3, -0.25) is 0 Å². The fraction of sp³-hybridized carbons (Fsp3) is 0.500. The van der Waals surface area contributed by atoms with Gasteiger partial charge in [0.25, 0.3) is 0 Å². The summed E-state index contributed by atoms with van der Waals surface area (Å²) in [4.78, 5) is 14.9. The van der Waals surface area contributed by atoms with Crippen molar-refractivity contribution in [2.75, 3.05) is 6.61 Å².